The number of fused-ring (bicyclic) bond motifs is 2. The number of piperidine rings is 1. The average Bonchev–Trinajstić information content (AvgIpc) is 3.39. The van der Waals surface area contributed by atoms with Gasteiger partial charge in [0.2, 0.25) is 0 Å². The molecule has 1 spiro atoms. The van der Waals surface area contributed by atoms with Gasteiger partial charge >= 0.3 is 5.97 Å². The molecular formula is C32H46N2O7. The van der Waals surface area contributed by atoms with Crippen LogP contribution in [0.15, 0.2) is 24.3 Å². The molecule has 1 unspecified atom stereocenters. The Labute approximate surface area is 243 Å². The number of anilines is 1. The fraction of sp³-hybridized carbons (Fsp3) is 0.781. The van der Waals surface area contributed by atoms with Crippen LogP contribution in [0.3, 0.4) is 0 Å². The number of likely N-dealkylation sites (tertiary alicyclic amines) is 1. The molecule has 7 bridgehead atoms. The molecule has 5 aliphatic carbocycles. The van der Waals surface area contributed by atoms with E-state index >= 15 is 0 Å². The Morgan fingerprint density at radius 3 is 2.49 bits per heavy atom. The maximum absolute atomic E-state index is 14.1. The number of hydrogen-bond acceptors (Lipinski definition) is 9. The number of para-hydroxylation sites is 1. The number of hydrogen-bond donors (Lipinski definition) is 2. The van der Waals surface area contributed by atoms with Gasteiger partial charge in [0.05, 0.1) is 29.6 Å². The number of ether oxygens (including phenoxy) is 4. The SMILES string of the molecule is CCN1C[C@]2(OC(=O)c3ccccc3N(C)C)CC[C@H](OC)[C@]34C1[C@H](C[C@H]23)[C@@]1(O)C[C@H](OC)[C@H]2C[C@@H]4[C@]1(O)[C@H]2OC. The first kappa shape index (κ1) is 28.0. The molecule has 1 heterocycles. The van der Waals surface area contributed by atoms with Crippen molar-refractivity contribution in [1.29, 1.82) is 0 Å². The van der Waals surface area contributed by atoms with Gasteiger partial charge in [-0.1, -0.05) is 19.1 Å². The Kier molecular flexibility index (Phi) is 6.24. The quantitative estimate of drug-likeness (QED) is 0.479. The molecular weight excluding hydrogens is 524 g/mol. The van der Waals surface area contributed by atoms with Crippen molar-refractivity contribution in [2.24, 2.45) is 29.1 Å². The van der Waals surface area contributed by atoms with Gasteiger partial charge in [-0.15, -0.1) is 0 Å². The number of benzene rings is 1. The molecule has 7 rings (SSSR count). The summed E-state index contributed by atoms with van der Waals surface area (Å²) in [6.07, 6.45) is 2.28. The highest BCUT2D eigenvalue weighted by Crippen LogP contribution is 2.79. The Morgan fingerprint density at radius 1 is 1.07 bits per heavy atom. The third kappa shape index (κ3) is 3.10. The van der Waals surface area contributed by atoms with E-state index in [1.807, 2.05) is 43.3 Å². The number of methoxy groups -OCH3 is 3. The molecule has 6 aliphatic rings. The van der Waals surface area contributed by atoms with Crippen molar-refractivity contribution in [2.75, 3.05) is 53.4 Å². The van der Waals surface area contributed by atoms with Crippen LogP contribution in [0.2, 0.25) is 0 Å². The smallest absolute Gasteiger partial charge is 0.340 e. The molecule has 0 radical (unpaired) electrons. The summed E-state index contributed by atoms with van der Waals surface area (Å²) in [5, 5.41) is 25.7. The zero-order valence-electron chi connectivity index (χ0n) is 25.2. The van der Waals surface area contributed by atoms with E-state index < -0.39 is 28.3 Å². The van der Waals surface area contributed by atoms with Crippen molar-refractivity contribution in [3.8, 4) is 0 Å². The van der Waals surface area contributed by atoms with Crippen molar-refractivity contribution in [2.45, 2.75) is 80.2 Å². The summed E-state index contributed by atoms with van der Waals surface area (Å²) in [5.41, 5.74) is -2.69. The van der Waals surface area contributed by atoms with Crippen LogP contribution in [0.1, 0.15) is 49.4 Å². The van der Waals surface area contributed by atoms with Crippen LogP contribution < -0.4 is 4.90 Å². The van der Waals surface area contributed by atoms with Crippen molar-refractivity contribution < 1.29 is 34.0 Å². The lowest BCUT2D eigenvalue weighted by Gasteiger charge is -2.70. The van der Waals surface area contributed by atoms with Gasteiger partial charge in [-0.2, -0.15) is 0 Å². The summed E-state index contributed by atoms with van der Waals surface area (Å²) >= 11 is 0. The van der Waals surface area contributed by atoms with E-state index in [4.69, 9.17) is 18.9 Å². The van der Waals surface area contributed by atoms with Gasteiger partial charge in [0.25, 0.3) is 0 Å². The number of carbonyl (C=O) groups is 1. The van der Waals surface area contributed by atoms with Crippen LogP contribution in [-0.4, -0.2) is 111 Å². The summed E-state index contributed by atoms with van der Waals surface area (Å²) in [6.45, 7) is 3.53. The summed E-state index contributed by atoms with van der Waals surface area (Å²) < 4.78 is 25.2. The van der Waals surface area contributed by atoms with Gasteiger partial charge in [0, 0.05) is 83.5 Å². The van der Waals surface area contributed by atoms with Gasteiger partial charge in [0.1, 0.15) is 16.8 Å². The minimum atomic E-state index is -1.44. The topological polar surface area (TPSA) is 101 Å². The van der Waals surface area contributed by atoms with E-state index in [1.54, 1.807) is 21.3 Å². The second-order valence-electron chi connectivity index (χ2n) is 13.9. The molecule has 41 heavy (non-hydrogen) atoms. The molecule has 226 valence electrons. The predicted octanol–water partition coefficient (Wildman–Crippen LogP) is 2.33. The Hall–Kier alpha value is -1.75. The summed E-state index contributed by atoms with van der Waals surface area (Å²) in [7, 11) is 9.00. The standard InChI is InChI=1S/C32H46N2O7/c1-7-34-17-29(41-28(35)18-10-8-9-11-21(18)33(2)3)13-12-25(39-5)31-23(29)15-20(26(31)34)30(36)16-22(38-4)19-14-24(31)32(30,37)27(19)40-6/h8-11,19-20,22-27,36-37H,7,12-17H2,1-6H3/t19-,20+,22+,23-,24+,25+,26?,27+,29-,30+,31+,32+/m1/s1. The van der Waals surface area contributed by atoms with E-state index in [2.05, 4.69) is 11.8 Å². The molecule has 6 fully saturated rings. The van der Waals surface area contributed by atoms with Gasteiger partial charge in [-0.25, -0.2) is 4.79 Å². The highest BCUT2D eigenvalue weighted by Gasteiger charge is 2.89. The fourth-order valence-electron chi connectivity index (χ4n) is 11.7. The van der Waals surface area contributed by atoms with E-state index in [0.29, 0.717) is 37.8 Å². The van der Waals surface area contributed by atoms with Crippen LogP contribution in [0.5, 0.6) is 0 Å². The van der Waals surface area contributed by atoms with Gasteiger partial charge in [0.15, 0.2) is 0 Å². The maximum Gasteiger partial charge on any atom is 0.340 e. The highest BCUT2D eigenvalue weighted by molar-refractivity contribution is 5.96. The first-order chi connectivity index (χ1) is 19.6. The largest absolute Gasteiger partial charge is 0.454 e. The van der Waals surface area contributed by atoms with Gasteiger partial charge < -0.3 is 34.1 Å². The Bertz CT molecular complexity index is 1230. The van der Waals surface area contributed by atoms with E-state index in [-0.39, 0.29) is 47.9 Å². The van der Waals surface area contributed by atoms with Crippen LogP contribution in [0, 0.1) is 29.1 Å². The van der Waals surface area contributed by atoms with E-state index in [1.165, 1.54) is 0 Å². The van der Waals surface area contributed by atoms with Crippen LogP contribution in [0.4, 0.5) is 5.69 Å². The molecule has 1 saturated heterocycles. The monoisotopic (exact) mass is 570 g/mol. The normalized spacial score (nSPS) is 49.2. The number of carbonyl (C=O) groups excluding carboxylic acids is 1. The zero-order chi connectivity index (χ0) is 29.1. The average molecular weight is 571 g/mol. The number of esters is 1. The second kappa shape index (κ2) is 9.13. The van der Waals surface area contributed by atoms with Crippen molar-refractivity contribution in [1.82, 2.24) is 4.90 Å². The second-order valence-corrected chi connectivity index (χ2v) is 13.9. The summed E-state index contributed by atoms with van der Waals surface area (Å²) in [6, 6.07) is 7.60. The van der Waals surface area contributed by atoms with E-state index in [9.17, 15) is 15.0 Å². The number of aliphatic hydroxyl groups is 2. The van der Waals surface area contributed by atoms with Crippen molar-refractivity contribution in [3.05, 3.63) is 29.8 Å². The lowest BCUT2D eigenvalue weighted by Crippen LogP contribution is -2.83. The molecule has 1 aromatic rings. The molecule has 12 atom stereocenters. The summed E-state index contributed by atoms with van der Waals surface area (Å²) in [5.74, 6) is -0.910. The summed E-state index contributed by atoms with van der Waals surface area (Å²) in [4.78, 5) is 18.5. The molecule has 0 aromatic heterocycles. The fourth-order valence-corrected chi connectivity index (χ4v) is 11.7. The maximum atomic E-state index is 14.1. The molecule has 9 heteroatoms. The Morgan fingerprint density at radius 2 is 1.83 bits per heavy atom. The van der Waals surface area contributed by atoms with Crippen LogP contribution in [-0.2, 0) is 18.9 Å². The van der Waals surface area contributed by atoms with Crippen molar-refractivity contribution >= 4 is 11.7 Å². The lowest BCUT2D eigenvalue weighted by atomic mass is 9.44. The molecule has 5 saturated carbocycles. The third-order valence-electron chi connectivity index (χ3n) is 12.8. The first-order valence-corrected chi connectivity index (χ1v) is 15.4. The molecule has 9 nitrogen and oxygen atoms in total. The number of rotatable bonds is 7. The van der Waals surface area contributed by atoms with Crippen LogP contribution in [0.25, 0.3) is 0 Å². The van der Waals surface area contributed by atoms with E-state index in [0.717, 1.165) is 18.7 Å². The Balaban J connectivity index is 1.40. The van der Waals surface area contributed by atoms with Gasteiger partial charge in [-0.3, -0.25) is 4.90 Å². The lowest BCUT2D eigenvalue weighted by molar-refractivity contribution is -0.337. The molecule has 2 N–H and O–H groups in total. The minimum Gasteiger partial charge on any atom is -0.454 e. The first-order valence-electron chi connectivity index (χ1n) is 15.4. The zero-order valence-corrected chi connectivity index (χ0v) is 25.2. The third-order valence-corrected chi connectivity index (χ3v) is 12.8. The predicted molar refractivity (Wildman–Crippen MR) is 152 cm³/mol. The molecule has 1 aliphatic heterocycles. The highest BCUT2D eigenvalue weighted by atomic mass is 16.6. The van der Waals surface area contributed by atoms with Gasteiger partial charge in [-0.05, 0) is 44.4 Å². The number of likely N-dealkylation sites (N-methyl/N-ethyl adjacent to an activating group) is 1. The molecule has 1 aromatic carbocycles. The number of nitrogens with zero attached hydrogens (tertiary/aromatic N) is 2. The van der Waals surface area contributed by atoms with Crippen molar-refractivity contribution in [3.63, 3.8) is 0 Å². The minimum absolute atomic E-state index is 0.00535. The van der Waals surface area contributed by atoms with Crippen LogP contribution >= 0.6 is 0 Å². The molecule has 0 amide bonds.